The molecule has 1 atom stereocenters. The van der Waals surface area contributed by atoms with E-state index in [1.165, 1.54) is 17.3 Å². The van der Waals surface area contributed by atoms with Crippen LogP contribution in [0.4, 0.5) is 0 Å². The molecule has 5 heteroatoms. The van der Waals surface area contributed by atoms with E-state index in [1.807, 2.05) is 6.92 Å². The average Bonchev–Trinajstić information content (AvgIpc) is 2.03. The lowest BCUT2D eigenvalue weighted by atomic mass is 10.4. The van der Waals surface area contributed by atoms with E-state index in [1.54, 1.807) is 0 Å². The Balaban J connectivity index is 3.50. The van der Waals surface area contributed by atoms with Crippen molar-refractivity contribution in [3.63, 3.8) is 0 Å². The van der Waals surface area contributed by atoms with Crippen molar-refractivity contribution in [2.75, 3.05) is 11.5 Å². The Hall–Kier alpha value is -0.190. The lowest BCUT2D eigenvalue weighted by molar-refractivity contribution is -0.137. The van der Waals surface area contributed by atoms with Crippen LogP contribution in [0.3, 0.4) is 0 Å². The van der Waals surface area contributed by atoms with Crippen molar-refractivity contribution in [1.82, 2.24) is 0 Å². The molecule has 12 heavy (non-hydrogen) atoms. The predicted octanol–water partition coefficient (Wildman–Crippen LogP) is 1.27. The zero-order chi connectivity index (χ0) is 9.56. The molecule has 3 nitrogen and oxygen atoms in total. The van der Waals surface area contributed by atoms with Crippen LogP contribution < -0.4 is 5.73 Å². The molecule has 0 saturated heterocycles. The molecule has 0 rings (SSSR count). The number of thioether (sulfide) groups is 1. The van der Waals surface area contributed by atoms with Crippen LogP contribution in [0.25, 0.3) is 0 Å². The summed E-state index contributed by atoms with van der Waals surface area (Å²) in [5, 5.41) is 8.43. The van der Waals surface area contributed by atoms with Crippen LogP contribution in [0.1, 0.15) is 6.92 Å². The molecule has 0 fully saturated rings. The number of aliphatic carboxylic acids is 1. The Labute approximate surface area is 81.0 Å². The minimum absolute atomic E-state index is 0.414. The number of halogens is 1. The van der Waals surface area contributed by atoms with E-state index in [4.69, 9.17) is 22.4 Å². The van der Waals surface area contributed by atoms with Crippen molar-refractivity contribution in [2.45, 2.75) is 13.0 Å². The zero-order valence-electron chi connectivity index (χ0n) is 6.79. The first kappa shape index (κ1) is 11.8. The highest BCUT2D eigenvalue weighted by Gasteiger charge is 2.10. The molecule has 0 heterocycles. The lowest BCUT2D eigenvalue weighted by Gasteiger charge is -2.04. The van der Waals surface area contributed by atoms with Crippen molar-refractivity contribution < 1.29 is 9.90 Å². The molecule has 0 spiro atoms. The highest BCUT2D eigenvalue weighted by molar-refractivity contribution is 7.99. The van der Waals surface area contributed by atoms with Crippen molar-refractivity contribution in [3.05, 3.63) is 11.1 Å². The third kappa shape index (κ3) is 5.46. The van der Waals surface area contributed by atoms with Gasteiger partial charge < -0.3 is 10.8 Å². The smallest absolute Gasteiger partial charge is 0.321 e. The molecule has 1 unspecified atom stereocenters. The fourth-order valence-electron chi connectivity index (χ4n) is 0.450. The van der Waals surface area contributed by atoms with Gasteiger partial charge >= 0.3 is 5.97 Å². The Morgan fingerprint density at radius 1 is 1.83 bits per heavy atom. The molecule has 70 valence electrons. The van der Waals surface area contributed by atoms with Crippen LogP contribution in [0.5, 0.6) is 0 Å². The van der Waals surface area contributed by atoms with Gasteiger partial charge in [-0.15, -0.1) is 0 Å². The van der Waals surface area contributed by atoms with E-state index in [9.17, 15) is 4.79 Å². The fourth-order valence-corrected chi connectivity index (χ4v) is 1.54. The quantitative estimate of drug-likeness (QED) is 0.716. The first-order chi connectivity index (χ1) is 5.57. The summed E-state index contributed by atoms with van der Waals surface area (Å²) in [6.07, 6.45) is 0. The number of hydrogen-bond donors (Lipinski definition) is 2. The second-order valence-corrected chi connectivity index (χ2v) is 3.66. The third-order valence-electron chi connectivity index (χ3n) is 1.13. The Morgan fingerprint density at radius 2 is 2.42 bits per heavy atom. The van der Waals surface area contributed by atoms with Gasteiger partial charge in [-0.2, -0.15) is 11.8 Å². The van der Waals surface area contributed by atoms with E-state index in [2.05, 4.69) is 0 Å². The van der Waals surface area contributed by atoms with Gasteiger partial charge in [0.05, 0.1) is 0 Å². The average molecular weight is 210 g/mol. The molecule has 0 aromatic rings. The van der Waals surface area contributed by atoms with E-state index in [-0.39, 0.29) is 0 Å². The molecule has 0 aliphatic carbocycles. The highest BCUT2D eigenvalue weighted by atomic mass is 35.5. The van der Waals surface area contributed by atoms with Crippen LogP contribution in [-0.2, 0) is 4.79 Å². The Bertz CT molecular complexity index is 184. The number of hydrogen-bond acceptors (Lipinski definition) is 3. The summed E-state index contributed by atoms with van der Waals surface area (Å²) < 4.78 is 0. The van der Waals surface area contributed by atoms with Gasteiger partial charge in [0, 0.05) is 17.0 Å². The molecular weight excluding hydrogens is 198 g/mol. The maximum atomic E-state index is 10.3. The second-order valence-electron chi connectivity index (χ2n) is 2.42. The number of nitrogens with two attached hydrogens (primary N) is 1. The Morgan fingerprint density at radius 3 is 2.83 bits per heavy atom. The minimum Gasteiger partial charge on any atom is -0.480 e. The van der Waals surface area contributed by atoms with Crippen molar-refractivity contribution in [2.24, 2.45) is 5.73 Å². The summed E-state index contributed by atoms with van der Waals surface area (Å²) in [5.41, 5.74) is 7.77. The number of carbonyl (C=O) groups is 1. The molecule has 0 aliphatic rings. The van der Waals surface area contributed by atoms with Gasteiger partial charge in [0.2, 0.25) is 0 Å². The number of carboxylic acids is 1. The Kier molecular flexibility index (Phi) is 6.24. The number of carboxylic acid groups (broad SMARTS) is 1. The molecule has 0 aliphatic heterocycles. The molecule has 0 aromatic carbocycles. The van der Waals surface area contributed by atoms with Crippen LogP contribution >= 0.6 is 23.4 Å². The van der Waals surface area contributed by atoms with Gasteiger partial charge in [0.1, 0.15) is 6.04 Å². The normalized spacial score (nSPS) is 14.4. The monoisotopic (exact) mass is 209 g/mol. The standard InChI is InChI=1S/C7H12ClNO2S/c1-5(2-8)3-12-4-6(9)7(10)11/h2,6H,3-4,9H2,1H3,(H,10,11). The van der Waals surface area contributed by atoms with Crippen molar-refractivity contribution in [3.8, 4) is 0 Å². The summed E-state index contributed by atoms with van der Waals surface area (Å²) in [7, 11) is 0. The van der Waals surface area contributed by atoms with Crippen LogP contribution in [0.2, 0.25) is 0 Å². The summed E-state index contributed by atoms with van der Waals surface area (Å²) in [4.78, 5) is 10.3. The molecule has 0 saturated carbocycles. The largest absolute Gasteiger partial charge is 0.480 e. The summed E-state index contributed by atoms with van der Waals surface area (Å²) in [5.74, 6) is 0.178. The summed E-state index contributed by atoms with van der Waals surface area (Å²) in [6, 6.07) is -0.780. The van der Waals surface area contributed by atoms with Crippen molar-refractivity contribution >= 4 is 29.3 Å². The summed E-state index contributed by atoms with van der Waals surface area (Å²) >= 11 is 6.87. The van der Waals surface area contributed by atoms with Gasteiger partial charge in [-0.05, 0) is 6.92 Å². The van der Waals surface area contributed by atoms with Gasteiger partial charge in [0.15, 0.2) is 0 Å². The minimum atomic E-state index is -0.963. The summed E-state index contributed by atoms with van der Waals surface area (Å²) in [6.45, 7) is 1.88. The zero-order valence-corrected chi connectivity index (χ0v) is 8.36. The topological polar surface area (TPSA) is 63.3 Å². The van der Waals surface area contributed by atoms with Crippen LogP contribution in [0, 0.1) is 0 Å². The van der Waals surface area contributed by atoms with E-state index in [0.717, 1.165) is 11.3 Å². The predicted molar refractivity (Wildman–Crippen MR) is 52.5 cm³/mol. The lowest BCUT2D eigenvalue weighted by Crippen LogP contribution is -2.32. The second kappa shape index (κ2) is 6.34. The van der Waals surface area contributed by atoms with E-state index >= 15 is 0 Å². The van der Waals surface area contributed by atoms with Crippen molar-refractivity contribution in [1.29, 1.82) is 0 Å². The SMILES string of the molecule is CC(=CCl)CSCC(N)C(=O)O. The highest BCUT2D eigenvalue weighted by Crippen LogP contribution is 2.08. The molecule has 0 bridgehead atoms. The third-order valence-corrected chi connectivity index (χ3v) is 2.76. The molecule has 0 aromatic heterocycles. The first-order valence-corrected chi connectivity index (χ1v) is 4.99. The molecule has 0 amide bonds. The fraction of sp³-hybridized carbons (Fsp3) is 0.571. The van der Waals surface area contributed by atoms with Gasteiger partial charge in [-0.1, -0.05) is 17.2 Å². The number of rotatable bonds is 5. The maximum absolute atomic E-state index is 10.3. The van der Waals surface area contributed by atoms with Crippen LogP contribution in [-0.4, -0.2) is 28.6 Å². The van der Waals surface area contributed by atoms with Gasteiger partial charge in [0.25, 0.3) is 0 Å². The van der Waals surface area contributed by atoms with Gasteiger partial charge in [-0.3, -0.25) is 4.79 Å². The first-order valence-electron chi connectivity index (χ1n) is 3.40. The van der Waals surface area contributed by atoms with E-state index < -0.39 is 12.0 Å². The van der Waals surface area contributed by atoms with E-state index in [0.29, 0.717) is 5.75 Å². The molecular formula is C7H12ClNO2S. The van der Waals surface area contributed by atoms with Gasteiger partial charge in [-0.25, -0.2) is 0 Å². The molecule has 3 N–H and O–H groups in total. The maximum Gasteiger partial charge on any atom is 0.321 e. The van der Waals surface area contributed by atoms with Crippen LogP contribution in [0.15, 0.2) is 11.1 Å². The molecule has 0 radical (unpaired) electrons.